The van der Waals surface area contributed by atoms with Crippen molar-refractivity contribution >= 4 is 28.7 Å². The third kappa shape index (κ3) is 3.53. The Bertz CT molecular complexity index is 923. The molecule has 3 aromatic rings. The van der Waals surface area contributed by atoms with Gasteiger partial charge >= 0.3 is 0 Å². The van der Waals surface area contributed by atoms with E-state index in [2.05, 4.69) is 17.2 Å². The van der Waals surface area contributed by atoms with Gasteiger partial charge in [-0.2, -0.15) is 0 Å². The number of hydrogen-bond acceptors (Lipinski definition) is 4. The van der Waals surface area contributed by atoms with Gasteiger partial charge in [0.15, 0.2) is 5.82 Å². The molecule has 0 spiro atoms. The summed E-state index contributed by atoms with van der Waals surface area (Å²) in [5, 5.41) is 2.87. The Balaban J connectivity index is 1.73. The highest BCUT2D eigenvalue weighted by Gasteiger charge is 2.15. The lowest BCUT2D eigenvalue weighted by Gasteiger charge is -2.05. The summed E-state index contributed by atoms with van der Waals surface area (Å²) in [6.45, 7) is 4.10. The lowest BCUT2D eigenvalue weighted by atomic mass is 10.1. The van der Waals surface area contributed by atoms with Crippen molar-refractivity contribution in [3.8, 4) is 0 Å². The fourth-order valence-corrected chi connectivity index (χ4v) is 3.60. The number of rotatable bonds is 5. The number of aryl methyl sites for hydroxylation is 3. The number of carbonyl (C=O) groups excluding carboxylic acids is 2. The first-order chi connectivity index (χ1) is 12.0. The molecule has 1 aromatic carbocycles. The van der Waals surface area contributed by atoms with E-state index in [1.54, 1.807) is 48.3 Å². The Morgan fingerprint density at radius 3 is 2.52 bits per heavy atom. The van der Waals surface area contributed by atoms with Crippen molar-refractivity contribution in [2.45, 2.75) is 20.3 Å². The average Bonchev–Trinajstić information content (AvgIpc) is 3.20. The van der Waals surface area contributed by atoms with Gasteiger partial charge in [0, 0.05) is 35.6 Å². The van der Waals surface area contributed by atoms with Crippen molar-refractivity contribution in [3.63, 3.8) is 0 Å². The number of aromatic nitrogens is 2. The van der Waals surface area contributed by atoms with Crippen LogP contribution in [-0.4, -0.2) is 21.2 Å². The first-order valence-corrected chi connectivity index (χ1v) is 8.84. The first-order valence-electron chi connectivity index (χ1n) is 8.02. The van der Waals surface area contributed by atoms with Crippen molar-refractivity contribution in [2.75, 3.05) is 5.32 Å². The van der Waals surface area contributed by atoms with Gasteiger partial charge in [-0.15, -0.1) is 11.3 Å². The van der Waals surface area contributed by atoms with Crippen molar-refractivity contribution in [3.05, 3.63) is 69.4 Å². The molecule has 1 amide bonds. The molecule has 0 bridgehead atoms. The molecule has 0 saturated heterocycles. The summed E-state index contributed by atoms with van der Waals surface area (Å²) < 4.78 is 1.68. The van der Waals surface area contributed by atoms with Crippen molar-refractivity contribution in [1.29, 1.82) is 0 Å². The minimum absolute atomic E-state index is 0.129. The van der Waals surface area contributed by atoms with E-state index in [9.17, 15) is 9.59 Å². The van der Waals surface area contributed by atoms with E-state index >= 15 is 0 Å². The number of thiophene rings is 1. The number of carbonyl (C=O) groups is 2. The first kappa shape index (κ1) is 17.1. The summed E-state index contributed by atoms with van der Waals surface area (Å²) in [6.07, 6.45) is 4.25. The molecule has 128 valence electrons. The molecular weight excluding hydrogens is 334 g/mol. The highest BCUT2D eigenvalue weighted by molar-refractivity contribution is 7.14. The number of nitrogens with zero attached hydrogens (tertiary/aromatic N) is 2. The van der Waals surface area contributed by atoms with Gasteiger partial charge in [0.05, 0.1) is 4.88 Å². The second-order valence-corrected chi connectivity index (χ2v) is 6.93. The summed E-state index contributed by atoms with van der Waals surface area (Å²) in [6, 6.07) is 8.77. The largest absolute Gasteiger partial charge is 0.331 e. The van der Waals surface area contributed by atoms with Gasteiger partial charge in [-0.05, 0) is 49.2 Å². The number of benzene rings is 1. The number of amides is 1. The Hall–Kier alpha value is -2.73. The van der Waals surface area contributed by atoms with E-state index in [0.717, 1.165) is 12.0 Å². The van der Waals surface area contributed by atoms with E-state index in [1.165, 1.54) is 16.2 Å². The molecule has 3 rings (SSSR count). The Morgan fingerprint density at radius 1 is 1.24 bits per heavy atom. The predicted molar refractivity (Wildman–Crippen MR) is 99.5 cm³/mol. The second-order valence-electron chi connectivity index (χ2n) is 5.79. The molecule has 0 radical (unpaired) electrons. The molecular formula is C19H19N3O2S. The van der Waals surface area contributed by atoms with E-state index in [1.807, 2.05) is 13.0 Å². The molecule has 0 aliphatic rings. The van der Waals surface area contributed by atoms with Gasteiger partial charge in [0.1, 0.15) is 0 Å². The molecule has 0 atom stereocenters. The predicted octanol–water partition coefficient (Wildman–Crippen LogP) is 3.84. The number of imidazole rings is 1. The highest BCUT2D eigenvalue weighted by atomic mass is 32.1. The summed E-state index contributed by atoms with van der Waals surface area (Å²) >= 11 is 1.52. The molecule has 2 heterocycles. The molecule has 25 heavy (non-hydrogen) atoms. The zero-order valence-corrected chi connectivity index (χ0v) is 15.2. The van der Waals surface area contributed by atoms with E-state index in [-0.39, 0.29) is 11.7 Å². The van der Waals surface area contributed by atoms with Crippen molar-refractivity contribution in [1.82, 2.24) is 9.55 Å². The van der Waals surface area contributed by atoms with Crippen molar-refractivity contribution < 1.29 is 9.59 Å². The summed E-state index contributed by atoms with van der Waals surface area (Å²) in [5.41, 5.74) is 2.34. The minimum Gasteiger partial charge on any atom is -0.331 e. The van der Waals surface area contributed by atoms with Crippen LogP contribution in [0.2, 0.25) is 0 Å². The molecule has 1 N–H and O–H groups in total. The fourth-order valence-electron chi connectivity index (χ4n) is 2.59. The zero-order chi connectivity index (χ0) is 18.0. The van der Waals surface area contributed by atoms with Gasteiger partial charge < -0.3 is 9.88 Å². The summed E-state index contributed by atoms with van der Waals surface area (Å²) in [5.74, 6) is 0.112. The number of anilines is 1. The number of nitrogens with one attached hydrogen (secondary N) is 1. The molecule has 0 saturated carbocycles. The van der Waals surface area contributed by atoms with Crippen LogP contribution in [0.1, 0.15) is 43.2 Å². The second kappa shape index (κ2) is 7.03. The van der Waals surface area contributed by atoms with Gasteiger partial charge in [-0.1, -0.05) is 6.92 Å². The topological polar surface area (TPSA) is 64.0 Å². The quantitative estimate of drug-likeness (QED) is 0.709. The zero-order valence-electron chi connectivity index (χ0n) is 14.4. The standard InChI is InChI=1S/C19H19N3O2S/c1-4-15-12(2)11-16(25-15)19(24)21-14-7-5-13(6-8-14)17(23)18-20-9-10-22(18)3/h5-11H,4H2,1-3H3,(H,21,24). The van der Waals surface area contributed by atoms with Gasteiger partial charge in [-0.25, -0.2) is 4.98 Å². The molecule has 0 unspecified atom stereocenters. The molecule has 0 fully saturated rings. The van der Waals surface area contributed by atoms with Crippen LogP contribution in [0.5, 0.6) is 0 Å². The molecule has 6 heteroatoms. The SMILES string of the molecule is CCc1sc(C(=O)Nc2ccc(C(=O)c3nccn3C)cc2)cc1C. The third-order valence-corrected chi connectivity index (χ3v) is 5.37. The van der Waals surface area contributed by atoms with Gasteiger partial charge in [0.25, 0.3) is 5.91 Å². The van der Waals surface area contributed by atoms with Crippen LogP contribution >= 0.6 is 11.3 Å². The smallest absolute Gasteiger partial charge is 0.265 e. The fraction of sp³-hybridized carbons (Fsp3) is 0.211. The lowest BCUT2D eigenvalue weighted by molar-refractivity contribution is 0.102. The normalized spacial score (nSPS) is 10.7. The Kier molecular flexibility index (Phi) is 4.81. The van der Waals surface area contributed by atoms with E-state index < -0.39 is 0 Å². The van der Waals surface area contributed by atoms with E-state index in [4.69, 9.17) is 0 Å². The minimum atomic E-state index is -0.146. The molecule has 0 aliphatic heterocycles. The van der Waals surface area contributed by atoms with Crippen LogP contribution in [0.15, 0.2) is 42.7 Å². The van der Waals surface area contributed by atoms with Crippen LogP contribution < -0.4 is 5.32 Å². The van der Waals surface area contributed by atoms with Gasteiger partial charge in [-0.3, -0.25) is 9.59 Å². The summed E-state index contributed by atoms with van der Waals surface area (Å²) in [7, 11) is 1.78. The number of ketones is 1. The maximum atomic E-state index is 12.4. The van der Waals surface area contributed by atoms with Crippen LogP contribution in [0.25, 0.3) is 0 Å². The molecule has 2 aromatic heterocycles. The van der Waals surface area contributed by atoms with Crippen molar-refractivity contribution in [2.24, 2.45) is 7.05 Å². The Morgan fingerprint density at radius 2 is 1.96 bits per heavy atom. The highest BCUT2D eigenvalue weighted by Crippen LogP contribution is 2.23. The van der Waals surface area contributed by atoms with Crippen LogP contribution in [0.4, 0.5) is 5.69 Å². The van der Waals surface area contributed by atoms with Crippen LogP contribution in [-0.2, 0) is 13.5 Å². The molecule has 0 aliphatic carbocycles. The van der Waals surface area contributed by atoms with Crippen LogP contribution in [0.3, 0.4) is 0 Å². The number of hydrogen-bond donors (Lipinski definition) is 1. The lowest BCUT2D eigenvalue weighted by Crippen LogP contribution is -2.11. The Labute approximate surface area is 150 Å². The maximum absolute atomic E-state index is 12.4. The average molecular weight is 353 g/mol. The van der Waals surface area contributed by atoms with Gasteiger partial charge in [0.2, 0.25) is 5.78 Å². The third-order valence-electron chi connectivity index (χ3n) is 3.99. The monoisotopic (exact) mass is 353 g/mol. The summed E-state index contributed by atoms with van der Waals surface area (Å²) in [4.78, 5) is 30.7. The maximum Gasteiger partial charge on any atom is 0.265 e. The molecule has 5 nitrogen and oxygen atoms in total. The van der Waals surface area contributed by atoms with Crippen LogP contribution in [0, 0.1) is 6.92 Å². The van der Waals surface area contributed by atoms with E-state index in [0.29, 0.717) is 22.0 Å².